The van der Waals surface area contributed by atoms with Crippen LogP contribution in [-0.2, 0) is 0 Å². The highest BCUT2D eigenvalue weighted by atomic mass is 16.5. The van der Waals surface area contributed by atoms with Crippen LogP contribution < -0.4 is 4.74 Å². The van der Waals surface area contributed by atoms with Gasteiger partial charge in [-0.1, -0.05) is 158 Å². The zero-order chi connectivity index (χ0) is 29.1. The number of benzene rings is 5. The van der Waals surface area contributed by atoms with E-state index in [1.54, 1.807) is 0 Å². The van der Waals surface area contributed by atoms with Crippen molar-refractivity contribution in [2.45, 2.75) is 110 Å². The van der Waals surface area contributed by atoms with E-state index in [0.29, 0.717) is 12.4 Å². The number of aromatic carboxylic acids is 1. The summed E-state index contributed by atoms with van der Waals surface area (Å²) in [5.74, 6) is -0.445. The van der Waals surface area contributed by atoms with E-state index < -0.39 is 5.97 Å². The Hall–Kier alpha value is -3.33. The molecule has 1 N–H and O–H groups in total. The Bertz CT molecular complexity index is 1580. The maximum atomic E-state index is 12.7. The quantitative estimate of drug-likeness (QED) is 0.0616. The number of carbonyl (C=O) groups is 1. The molecule has 5 aromatic carbocycles. The molecule has 0 aliphatic rings. The Morgan fingerprint density at radius 1 is 0.571 bits per heavy atom. The summed E-state index contributed by atoms with van der Waals surface area (Å²) >= 11 is 0. The van der Waals surface area contributed by atoms with Gasteiger partial charge in [0.05, 0.1) is 6.61 Å². The maximum Gasteiger partial charge on any atom is 0.340 e. The van der Waals surface area contributed by atoms with Gasteiger partial charge in [-0.2, -0.15) is 0 Å². The van der Waals surface area contributed by atoms with Crippen molar-refractivity contribution in [2.24, 2.45) is 0 Å². The molecule has 0 spiro atoms. The largest absolute Gasteiger partial charge is 0.493 e. The number of carboxylic acids is 1. The molecule has 0 bridgehead atoms. The Balaban J connectivity index is 1.12. The van der Waals surface area contributed by atoms with Crippen molar-refractivity contribution in [3.05, 3.63) is 66.2 Å². The van der Waals surface area contributed by atoms with E-state index in [1.807, 2.05) is 12.1 Å². The second-order valence-electron chi connectivity index (χ2n) is 12.2. The van der Waals surface area contributed by atoms with Crippen LogP contribution in [0.3, 0.4) is 0 Å². The molecule has 3 nitrogen and oxygen atoms in total. The first-order chi connectivity index (χ1) is 20.7. The summed E-state index contributed by atoms with van der Waals surface area (Å²) in [6.07, 6.45) is 21.3. The average molecular weight is 565 g/mol. The van der Waals surface area contributed by atoms with Crippen LogP contribution in [-0.4, -0.2) is 17.7 Å². The highest BCUT2D eigenvalue weighted by Gasteiger charge is 2.22. The standard InChI is InChI=1S/C39H48O3/c1-2-3-4-5-6-7-8-9-10-11-12-13-14-15-16-17-27-42-34-28-30-23-20-25-32-31-24-18-21-29-22-19-26-33(35(29)31)37(36(30)32)38(34)39(40)41/h18-26,28H,2-17,27H2,1H3,(H,40,41). The molecular weight excluding hydrogens is 516 g/mol. The molecule has 222 valence electrons. The van der Waals surface area contributed by atoms with Gasteiger partial charge in [-0.05, 0) is 50.2 Å². The van der Waals surface area contributed by atoms with Crippen molar-refractivity contribution in [1.82, 2.24) is 0 Å². The first kappa shape index (κ1) is 30.1. The molecule has 42 heavy (non-hydrogen) atoms. The summed E-state index contributed by atoms with van der Waals surface area (Å²) in [6, 6.07) is 20.7. The van der Waals surface area contributed by atoms with E-state index >= 15 is 0 Å². The van der Waals surface area contributed by atoms with Crippen LogP contribution in [0, 0.1) is 0 Å². The number of fused-ring (bicyclic) bond motifs is 2. The van der Waals surface area contributed by atoms with E-state index in [-0.39, 0.29) is 5.56 Å². The maximum absolute atomic E-state index is 12.7. The van der Waals surface area contributed by atoms with Gasteiger partial charge in [0.2, 0.25) is 0 Å². The predicted octanol–water partition coefficient (Wildman–Crippen LogP) is 12.1. The lowest BCUT2D eigenvalue weighted by molar-refractivity contribution is 0.0694. The summed E-state index contributed by atoms with van der Waals surface area (Å²) < 4.78 is 6.24. The summed E-state index contributed by atoms with van der Waals surface area (Å²) in [6.45, 7) is 2.83. The van der Waals surface area contributed by atoms with E-state index in [1.165, 1.54) is 95.3 Å². The van der Waals surface area contributed by atoms with Crippen molar-refractivity contribution in [1.29, 1.82) is 0 Å². The lowest BCUT2D eigenvalue weighted by Crippen LogP contribution is -2.06. The first-order valence-corrected chi connectivity index (χ1v) is 16.7. The van der Waals surface area contributed by atoms with Gasteiger partial charge in [-0.15, -0.1) is 0 Å². The van der Waals surface area contributed by atoms with Crippen molar-refractivity contribution in [3.8, 4) is 5.75 Å². The summed E-state index contributed by atoms with van der Waals surface area (Å²) in [4.78, 5) is 12.7. The highest BCUT2D eigenvalue weighted by molar-refractivity contribution is 6.36. The summed E-state index contributed by atoms with van der Waals surface area (Å²) in [7, 11) is 0. The van der Waals surface area contributed by atoms with E-state index in [2.05, 4.69) is 55.5 Å². The van der Waals surface area contributed by atoms with Gasteiger partial charge >= 0.3 is 5.97 Å². The normalized spacial score (nSPS) is 11.8. The topological polar surface area (TPSA) is 46.5 Å². The molecule has 0 heterocycles. The molecule has 0 unspecified atom stereocenters. The predicted molar refractivity (Wildman–Crippen MR) is 180 cm³/mol. The van der Waals surface area contributed by atoms with Crippen LogP contribution in [0.15, 0.2) is 60.7 Å². The summed E-state index contributed by atoms with van der Waals surface area (Å²) in [5.41, 5.74) is 0.286. The van der Waals surface area contributed by atoms with E-state index in [0.717, 1.165) is 50.5 Å². The molecule has 5 rings (SSSR count). The SMILES string of the molecule is CCCCCCCCCCCCCCCCCCOc1cc2cccc3c4cccc5cccc(c(c1C(=O)O)c23)c54. The highest BCUT2D eigenvalue weighted by Crippen LogP contribution is 2.44. The molecular formula is C39H48O3. The second-order valence-corrected chi connectivity index (χ2v) is 12.2. The molecule has 0 aliphatic heterocycles. The molecule has 0 aromatic heterocycles. The molecule has 5 aromatic rings. The average Bonchev–Trinajstić information content (AvgIpc) is 3.00. The minimum atomic E-state index is -0.930. The molecule has 0 saturated heterocycles. The van der Waals surface area contributed by atoms with Crippen LogP contribution in [0.1, 0.15) is 120 Å². The van der Waals surface area contributed by atoms with Crippen LogP contribution in [0.25, 0.3) is 43.1 Å². The third-order valence-corrected chi connectivity index (χ3v) is 9.06. The van der Waals surface area contributed by atoms with Crippen LogP contribution in [0.2, 0.25) is 0 Å². The lowest BCUT2D eigenvalue weighted by atomic mass is 9.87. The second kappa shape index (κ2) is 15.2. The molecule has 0 radical (unpaired) electrons. The van der Waals surface area contributed by atoms with Gasteiger partial charge in [0, 0.05) is 5.39 Å². The Morgan fingerprint density at radius 3 is 1.60 bits per heavy atom. The Kier molecular flexibility index (Phi) is 10.9. The number of ether oxygens (including phenoxy) is 1. The molecule has 0 fully saturated rings. The van der Waals surface area contributed by atoms with Gasteiger partial charge in [0.25, 0.3) is 0 Å². The first-order valence-electron chi connectivity index (χ1n) is 16.7. The minimum absolute atomic E-state index is 0.286. The van der Waals surface area contributed by atoms with Gasteiger partial charge in [0.15, 0.2) is 0 Å². The van der Waals surface area contributed by atoms with Gasteiger partial charge < -0.3 is 9.84 Å². The van der Waals surface area contributed by atoms with Crippen molar-refractivity contribution >= 4 is 49.1 Å². The molecule has 0 amide bonds. The Labute approximate surface area is 251 Å². The summed E-state index contributed by atoms with van der Waals surface area (Å²) in [5, 5.41) is 18.7. The van der Waals surface area contributed by atoms with Gasteiger partial charge in [-0.25, -0.2) is 4.79 Å². The van der Waals surface area contributed by atoms with Crippen molar-refractivity contribution < 1.29 is 14.6 Å². The van der Waals surface area contributed by atoms with Gasteiger partial charge in [-0.3, -0.25) is 0 Å². The van der Waals surface area contributed by atoms with E-state index in [4.69, 9.17) is 4.74 Å². The fraction of sp³-hybridized carbons (Fsp3) is 0.462. The van der Waals surface area contributed by atoms with Crippen molar-refractivity contribution in [2.75, 3.05) is 6.61 Å². The lowest BCUT2D eigenvalue weighted by Gasteiger charge is -2.18. The van der Waals surface area contributed by atoms with Gasteiger partial charge in [0.1, 0.15) is 11.3 Å². The molecule has 0 aliphatic carbocycles. The molecule has 0 atom stereocenters. The van der Waals surface area contributed by atoms with Crippen LogP contribution in [0.5, 0.6) is 5.75 Å². The minimum Gasteiger partial charge on any atom is -0.493 e. The third-order valence-electron chi connectivity index (χ3n) is 9.06. The van der Waals surface area contributed by atoms with Crippen LogP contribution in [0.4, 0.5) is 0 Å². The molecule has 3 heteroatoms. The van der Waals surface area contributed by atoms with Crippen molar-refractivity contribution in [3.63, 3.8) is 0 Å². The number of hydrogen-bond acceptors (Lipinski definition) is 2. The van der Waals surface area contributed by atoms with Crippen LogP contribution >= 0.6 is 0 Å². The number of unbranched alkanes of at least 4 members (excludes halogenated alkanes) is 15. The smallest absolute Gasteiger partial charge is 0.340 e. The Morgan fingerprint density at radius 2 is 1.05 bits per heavy atom. The zero-order valence-corrected chi connectivity index (χ0v) is 25.6. The molecule has 0 saturated carbocycles. The number of carboxylic acid groups (broad SMARTS) is 1. The fourth-order valence-corrected chi connectivity index (χ4v) is 6.86. The van der Waals surface area contributed by atoms with E-state index in [9.17, 15) is 9.90 Å². The third kappa shape index (κ3) is 7.00. The number of rotatable bonds is 19. The monoisotopic (exact) mass is 564 g/mol. The fourth-order valence-electron chi connectivity index (χ4n) is 6.86. The number of hydrogen-bond donors (Lipinski definition) is 1. The zero-order valence-electron chi connectivity index (χ0n) is 25.6.